The minimum Gasteiger partial charge on any atom is -0.494 e. The Morgan fingerprint density at radius 2 is 1.88 bits per heavy atom. The molecule has 0 amide bonds. The third-order valence-corrected chi connectivity index (χ3v) is 3.05. The number of hydrogen-bond acceptors (Lipinski definition) is 2. The molecule has 1 aromatic carbocycles. The van der Waals surface area contributed by atoms with Gasteiger partial charge in [-0.05, 0) is 56.0 Å². The molecule has 0 bridgehead atoms. The van der Waals surface area contributed by atoms with Crippen LogP contribution in [0.5, 0.6) is 5.75 Å². The Morgan fingerprint density at radius 1 is 1.18 bits per heavy atom. The van der Waals surface area contributed by atoms with Crippen molar-refractivity contribution in [3.8, 4) is 5.75 Å². The van der Waals surface area contributed by atoms with Gasteiger partial charge in [0.15, 0.2) is 0 Å². The van der Waals surface area contributed by atoms with Crippen LogP contribution in [0.4, 0.5) is 0 Å². The zero-order valence-corrected chi connectivity index (χ0v) is 11.4. The van der Waals surface area contributed by atoms with Gasteiger partial charge in [0.2, 0.25) is 0 Å². The quantitative estimate of drug-likeness (QED) is 0.811. The van der Waals surface area contributed by atoms with Crippen molar-refractivity contribution < 1.29 is 9.84 Å². The van der Waals surface area contributed by atoms with Crippen molar-refractivity contribution in [1.29, 1.82) is 0 Å². The van der Waals surface area contributed by atoms with Crippen LogP contribution >= 0.6 is 0 Å². The van der Waals surface area contributed by atoms with E-state index < -0.39 is 0 Å². The molecule has 0 spiro atoms. The van der Waals surface area contributed by atoms with Gasteiger partial charge in [-0.1, -0.05) is 19.8 Å². The first-order valence-corrected chi connectivity index (χ1v) is 6.52. The van der Waals surface area contributed by atoms with Gasteiger partial charge in [0.05, 0.1) is 12.7 Å². The third kappa shape index (κ3) is 3.74. The molecule has 2 nitrogen and oxygen atoms in total. The Bertz CT molecular complexity index is 358. The molecule has 96 valence electrons. The number of unbranched alkanes of at least 4 members (excludes halogenated alkanes) is 1. The lowest BCUT2D eigenvalue weighted by Crippen LogP contribution is -2.03. The molecule has 0 heterocycles. The van der Waals surface area contributed by atoms with Crippen molar-refractivity contribution >= 4 is 0 Å². The predicted molar refractivity (Wildman–Crippen MR) is 71.6 cm³/mol. The Morgan fingerprint density at radius 3 is 2.47 bits per heavy atom. The van der Waals surface area contributed by atoms with Crippen LogP contribution in [-0.4, -0.2) is 11.7 Å². The Labute approximate surface area is 105 Å². The number of hydrogen-bond donors (Lipinski definition) is 1. The first-order chi connectivity index (χ1) is 8.10. The smallest absolute Gasteiger partial charge is 0.122 e. The Balaban J connectivity index is 2.90. The topological polar surface area (TPSA) is 29.5 Å². The van der Waals surface area contributed by atoms with Gasteiger partial charge < -0.3 is 9.84 Å². The summed E-state index contributed by atoms with van der Waals surface area (Å²) in [6, 6.07) is 4.09. The van der Waals surface area contributed by atoms with E-state index in [0.29, 0.717) is 6.61 Å². The molecule has 0 aromatic heterocycles. The number of ether oxygens (including phenoxy) is 1. The summed E-state index contributed by atoms with van der Waals surface area (Å²) < 4.78 is 5.55. The Hall–Kier alpha value is -1.02. The summed E-state index contributed by atoms with van der Waals surface area (Å²) in [5, 5.41) is 10.1. The molecule has 0 aliphatic heterocycles. The molecule has 2 heteroatoms. The van der Waals surface area contributed by atoms with E-state index in [2.05, 4.69) is 13.0 Å². The average molecular weight is 236 g/mol. The molecule has 0 aliphatic rings. The van der Waals surface area contributed by atoms with Crippen molar-refractivity contribution in [3.05, 3.63) is 28.8 Å². The highest BCUT2D eigenvalue weighted by molar-refractivity contribution is 5.42. The second kappa shape index (κ2) is 6.65. The van der Waals surface area contributed by atoms with Crippen molar-refractivity contribution in [2.45, 2.75) is 53.1 Å². The maximum Gasteiger partial charge on any atom is 0.122 e. The monoisotopic (exact) mass is 236 g/mol. The number of aliphatic hydroxyl groups is 1. The normalized spacial score (nSPS) is 12.5. The van der Waals surface area contributed by atoms with Gasteiger partial charge in [-0.15, -0.1) is 0 Å². The van der Waals surface area contributed by atoms with Crippen molar-refractivity contribution in [3.63, 3.8) is 0 Å². The highest BCUT2D eigenvalue weighted by Crippen LogP contribution is 2.29. The number of aryl methyl sites for hydroxylation is 2. The van der Waals surface area contributed by atoms with Gasteiger partial charge in [-0.3, -0.25) is 0 Å². The SMILES string of the molecule is CCCCC(O)c1cc(C)c(OCC)cc1C. The summed E-state index contributed by atoms with van der Waals surface area (Å²) >= 11 is 0. The van der Waals surface area contributed by atoms with Gasteiger partial charge in [0, 0.05) is 0 Å². The molecule has 1 N–H and O–H groups in total. The Kier molecular flexibility index (Phi) is 5.49. The summed E-state index contributed by atoms with van der Waals surface area (Å²) in [7, 11) is 0. The highest BCUT2D eigenvalue weighted by Gasteiger charge is 2.12. The summed E-state index contributed by atoms with van der Waals surface area (Å²) in [5.74, 6) is 0.927. The fraction of sp³-hybridized carbons (Fsp3) is 0.600. The van der Waals surface area contributed by atoms with E-state index in [-0.39, 0.29) is 6.10 Å². The van der Waals surface area contributed by atoms with Gasteiger partial charge in [0.25, 0.3) is 0 Å². The molecule has 0 aliphatic carbocycles. The highest BCUT2D eigenvalue weighted by atomic mass is 16.5. The molecular formula is C15H24O2. The van der Waals surface area contributed by atoms with E-state index >= 15 is 0 Å². The lowest BCUT2D eigenvalue weighted by molar-refractivity contribution is 0.163. The van der Waals surface area contributed by atoms with Gasteiger partial charge in [0.1, 0.15) is 5.75 Å². The number of benzene rings is 1. The third-order valence-electron chi connectivity index (χ3n) is 3.05. The molecule has 1 aromatic rings. The van der Waals surface area contributed by atoms with E-state index in [1.165, 1.54) is 0 Å². The summed E-state index contributed by atoms with van der Waals surface area (Å²) in [6.07, 6.45) is 2.67. The first-order valence-electron chi connectivity index (χ1n) is 6.52. The predicted octanol–water partition coefficient (Wildman–Crippen LogP) is 3.93. The standard InChI is InChI=1S/C15H24O2/c1-5-7-8-14(16)13-9-12(4)15(17-6-2)10-11(13)3/h9-10,14,16H,5-8H2,1-4H3. The molecule has 17 heavy (non-hydrogen) atoms. The lowest BCUT2D eigenvalue weighted by Gasteiger charge is -2.16. The minimum atomic E-state index is -0.343. The average Bonchev–Trinajstić information content (AvgIpc) is 2.30. The minimum absolute atomic E-state index is 0.343. The second-order valence-corrected chi connectivity index (χ2v) is 4.57. The fourth-order valence-corrected chi connectivity index (χ4v) is 2.04. The molecule has 0 radical (unpaired) electrons. The van der Waals surface area contributed by atoms with Gasteiger partial charge in [-0.25, -0.2) is 0 Å². The number of rotatable bonds is 6. The van der Waals surface area contributed by atoms with Crippen LogP contribution in [0.15, 0.2) is 12.1 Å². The van der Waals surface area contributed by atoms with Crippen LogP contribution in [0.25, 0.3) is 0 Å². The first kappa shape index (κ1) is 14.0. The van der Waals surface area contributed by atoms with Crippen molar-refractivity contribution in [2.24, 2.45) is 0 Å². The molecule has 0 saturated carbocycles. The van der Waals surface area contributed by atoms with E-state index in [1.54, 1.807) is 0 Å². The van der Waals surface area contributed by atoms with Crippen LogP contribution < -0.4 is 4.74 Å². The fourth-order valence-electron chi connectivity index (χ4n) is 2.04. The summed E-state index contributed by atoms with van der Waals surface area (Å²) in [6.45, 7) is 8.87. The van der Waals surface area contributed by atoms with Crippen molar-refractivity contribution in [2.75, 3.05) is 6.61 Å². The number of aliphatic hydroxyl groups excluding tert-OH is 1. The molecule has 1 unspecified atom stereocenters. The van der Waals surface area contributed by atoms with E-state index in [9.17, 15) is 5.11 Å². The molecule has 0 saturated heterocycles. The van der Waals surface area contributed by atoms with E-state index in [1.807, 2.05) is 26.8 Å². The van der Waals surface area contributed by atoms with Gasteiger partial charge in [-0.2, -0.15) is 0 Å². The van der Waals surface area contributed by atoms with Crippen LogP contribution in [0, 0.1) is 13.8 Å². The van der Waals surface area contributed by atoms with Crippen LogP contribution in [0.3, 0.4) is 0 Å². The van der Waals surface area contributed by atoms with E-state index in [0.717, 1.165) is 41.7 Å². The largest absolute Gasteiger partial charge is 0.494 e. The van der Waals surface area contributed by atoms with Crippen molar-refractivity contribution in [1.82, 2.24) is 0 Å². The summed E-state index contributed by atoms with van der Waals surface area (Å²) in [4.78, 5) is 0. The van der Waals surface area contributed by atoms with Crippen LogP contribution in [0.2, 0.25) is 0 Å². The zero-order chi connectivity index (χ0) is 12.8. The summed E-state index contributed by atoms with van der Waals surface area (Å²) in [5.41, 5.74) is 3.25. The molecule has 1 rings (SSSR count). The zero-order valence-electron chi connectivity index (χ0n) is 11.4. The molecule has 0 fully saturated rings. The molecule has 1 atom stereocenters. The maximum absolute atomic E-state index is 10.1. The second-order valence-electron chi connectivity index (χ2n) is 4.57. The van der Waals surface area contributed by atoms with E-state index in [4.69, 9.17) is 4.74 Å². The maximum atomic E-state index is 10.1. The lowest BCUT2D eigenvalue weighted by atomic mass is 9.97. The van der Waals surface area contributed by atoms with Crippen LogP contribution in [-0.2, 0) is 0 Å². The van der Waals surface area contributed by atoms with Gasteiger partial charge >= 0.3 is 0 Å². The van der Waals surface area contributed by atoms with Crippen LogP contribution in [0.1, 0.15) is 55.9 Å². The molecular weight excluding hydrogens is 212 g/mol.